The van der Waals surface area contributed by atoms with Gasteiger partial charge in [-0.3, -0.25) is 4.79 Å². The van der Waals surface area contributed by atoms with Crippen molar-refractivity contribution in [2.75, 3.05) is 5.32 Å². The van der Waals surface area contributed by atoms with Crippen LogP contribution in [0.1, 0.15) is 59.1 Å². The lowest BCUT2D eigenvalue weighted by atomic mass is 9.84. The van der Waals surface area contributed by atoms with Crippen molar-refractivity contribution in [3.05, 3.63) is 18.1 Å². The van der Waals surface area contributed by atoms with Crippen LogP contribution in [0, 0.1) is 5.92 Å². The quantitative estimate of drug-likeness (QED) is 0.919. The van der Waals surface area contributed by atoms with Crippen molar-refractivity contribution in [2.24, 2.45) is 5.92 Å². The van der Waals surface area contributed by atoms with E-state index in [4.69, 9.17) is 0 Å². The normalized spacial score (nSPS) is 23.4. The summed E-state index contributed by atoms with van der Waals surface area (Å²) >= 11 is 0. The molecule has 1 heterocycles. The van der Waals surface area contributed by atoms with Crippen LogP contribution in [0.15, 0.2) is 12.4 Å². The second kappa shape index (κ2) is 5.90. The van der Waals surface area contributed by atoms with Crippen LogP contribution in [0.2, 0.25) is 0 Å². The Hall–Kier alpha value is -1.45. The van der Waals surface area contributed by atoms with Gasteiger partial charge in [0.1, 0.15) is 17.9 Å². The van der Waals surface area contributed by atoms with E-state index < -0.39 is 0 Å². The number of hydrogen-bond donors (Lipinski definition) is 1. The highest BCUT2D eigenvalue weighted by atomic mass is 16.1. The molecule has 0 atom stereocenters. The van der Waals surface area contributed by atoms with E-state index in [1.54, 1.807) is 13.3 Å². The Morgan fingerprint density at radius 1 is 1.20 bits per heavy atom. The largest absolute Gasteiger partial charge is 0.367 e. The van der Waals surface area contributed by atoms with Crippen LogP contribution in [0.4, 0.5) is 5.82 Å². The Morgan fingerprint density at radius 3 is 2.40 bits per heavy atom. The minimum absolute atomic E-state index is 0.0334. The van der Waals surface area contributed by atoms with Gasteiger partial charge in [-0.05, 0) is 32.6 Å². The molecule has 110 valence electrons. The summed E-state index contributed by atoms with van der Waals surface area (Å²) < 4.78 is 0. The number of Topliss-reactive ketones (excluding diaryl/α,β-unsaturated/α-hetero) is 1. The summed E-state index contributed by atoms with van der Waals surface area (Å²) in [7, 11) is 0. The van der Waals surface area contributed by atoms with E-state index in [2.05, 4.69) is 36.1 Å². The van der Waals surface area contributed by atoms with E-state index >= 15 is 0 Å². The van der Waals surface area contributed by atoms with Gasteiger partial charge in [-0.25, -0.2) is 9.97 Å². The first-order valence-electron chi connectivity index (χ1n) is 7.46. The Balaban J connectivity index is 1.96. The topological polar surface area (TPSA) is 54.9 Å². The van der Waals surface area contributed by atoms with Crippen LogP contribution in [-0.2, 0) is 10.2 Å². The average molecular weight is 275 g/mol. The first-order chi connectivity index (χ1) is 9.36. The zero-order valence-corrected chi connectivity index (χ0v) is 12.9. The minimum Gasteiger partial charge on any atom is -0.367 e. The molecule has 0 bridgehead atoms. The maximum atomic E-state index is 11.4. The molecule has 0 saturated heterocycles. The maximum absolute atomic E-state index is 11.4. The van der Waals surface area contributed by atoms with Crippen molar-refractivity contribution in [1.82, 2.24) is 9.97 Å². The highest BCUT2D eigenvalue weighted by Gasteiger charge is 2.24. The van der Waals surface area contributed by atoms with Gasteiger partial charge in [-0.15, -0.1) is 0 Å². The fourth-order valence-electron chi connectivity index (χ4n) is 2.70. The number of carbonyl (C=O) groups excluding carboxylic acids is 1. The lowest BCUT2D eigenvalue weighted by Crippen LogP contribution is -2.29. The van der Waals surface area contributed by atoms with Gasteiger partial charge in [0.05, 0.1) is 5.69 Å². The van der Waals surface area contributed by atoms with E-state index in [0.29, 0.717) is 11.8 Å². The number of nitrogens with zero attached hydrogens (tertiary/aromatic N) is 2. The molecule has 1 saturated carbocycles. The van der Waals surface area contributed by atoms with E-state index in [0.717, 1.165) is 37.2 Å². The molecule has 20 heavy (non-hydrogen) atoms. The SMILES string of the molecule is CC(=O)[C@H]1CC[C@H](Nc2cc(C(C)(C)C)ncn2)CC1. The zero-order chi connectivity index (χ0) is 14.8. The Labute approximate surface area is 121 Å². The predicted octanol–water partition coefficient (Wildman–Crippen LogP) is 3.33. The van der Waals surface area contributed by atoms with Crippen molar-refractivity contribution in [1.29, 1.82) is 0 Å². The summed E-state index contributed by atoms with van der Waals surface area (Å²) in [6, 6.07) is 2.46. The first kappa shape index (κ1) is 14.9. The predicted molar refractivity (Wildman–Crippen MR) is 80.8 cm³/mol. The van der Waals surface area contributed by atoms with Crippen molar-refractivity contribution >= 4 is 11.6 Å². The van der Waals surface area contributed by atoms with Crippen LogP contribution in [-0.4, -0.2) is 21.8 Å². The summed E-state index contributed by atoms with van der Waals surface area (Å²) in [5.74, 6) is 1.50. The molecule has 1 aromatic heterocycles. The van der Waals surface area contributed by atoms with E-state index in [9.17, 15) is 4.79 Å². The molecule has 0 spiro atoms. The third-order valence-corrected chi connectivity index (χ3v) is 4.09. The Kier molecular flexibility index (Phi) is 4.41. The number of aromatic nitrogens is 2. The lowest BCUT2D eigenvalue weighted by molar-refractivity contribution is -0.121. The zero-order valence-electron chi connectivity index (χ0n) is 12.9. The summed E-state index contributed by atoms with van der Waals surface area (Å²) in [6.07, 6.45) is 5.69. The molecule has 0 amide bonds. The molecule has 1 fully saturated rings. The van der Waals surface area contributed by atoms with Gasteiger partial charge in [-0.2, -0.15) is 0 Å². The number of hydrogen-bond acceptors (Lipinski definition) is 4. The van der Waals surface area contributed by atoms with E-state index in [1.807, 2.05) is 6.07 Å². The molecule has 1 aliphatic rings. The molecule has 1 aliphatic carbocycles. The fraction of sp³-hybridized carbons (Fsp3) is 0.688. The van der Waals surface area contributed by atoms with Crippen molar-refractivity contribution in [3.8, 4) is 0 Å². The first-order valence-corrected chi connectivity index (χ1v) is 7.46. The van der Waals surface area contributed by atoms with Crippen LogP contribution >= 0.6 is 0 Å². The van der Waals surface area contributed by atoms with Crippen LogP contribution in [0.25, 0.3) is 0 Å². The van der Waals surface area contributed by atoms with Crippen molar-refractivity contribution in [2.45, 2.75) is 64.8 Å². The van der Waals surface area contributed by atoms with Crippen molar-refractivity contribution < 1.29 is 4.79 Å². The molecular formula is C16H25N3O. The Morgan fingerprint density at radius 2 is 1.85 bits per heavy atom. The summed E-state index contributed by atoms with van der Waals surface area (Å²) in [5.41, 5.74) is 1.08. The van der Waals surface area contributed by atoms with Crippen LogP contribution in [0.5, 0.6) is 0 Å². The number of carbonyl (C=O) groups is 1. The minimum atomic E-state index is 0.0334. The molecule has 1 aromatic rings. The lowest BCUT2D eigenvalue weighted by Gasteiger charge is -2.28. The summed E-state index contributed by atoms with van der Waals surface area (Å²) in [6.45, 7) is 8.16. The van der Waals surface area contributed by atoms with Gasteiger partial charge < -0.3 is 5.32 Å². The summed E-state index contributed by atoms with van der Waals surface area (Å²) in [4.78, 5) is 20.0. The molecule has 0 unspecified atom stereocenters. The molecule has 4 heteroatoms. The van der Waals surface area contributed by atoms with Gasteiger partial charge in [0, 0.05) is 23.4 Å². The highest BCUT2D eigenvalue weighted by molar-refractivity contribution is 5.78. The van der Waals surface area contributed by atoms with Crippen LogP contribution in [0.3, 0.4) is 0 Å². The average Bonchev–Trinajstić information content (AvgIpc) is 2.38. The van der Waals surface area contributed by atoms with E-state index in [-0.39, 0.29) is 11.3 Å². The number of ketones is 1. The molecule has 4 nitrogen and oxygen atoms in total. The highest BCUT2D eigenvalue weighted by Crippen LogP contribution is 2.27. The second-order valence-corrected chi connectivity index (χ2v) is 6.84. The molecule has 0 aromatic carbocycles. The van der Waals surface area contributed by atoms with Gasteiger partial charge in [0.2, 0.25) is 0 Å². The number of nitrogens with one attached hydrogen (secondary N) is 1. The third kappa shape index (κ3) is 3.78. The second-order valence-electron chi connectivity index (χ2n) is 6.84. The monoisotopic (exact) mass is 275 g/mol. The van der Waals surface area contributed by atoms with Crippen molar-refractivity contribution in [3.63, 3.8) is 0 Å². The standard InChI is InChI=1S/C16H25N3O/c1-11(20)12-5-7-13(8-6-12)19-15-9-14(16(2,3)4)17-10-18-15/h9-10,12-13H,5-8H2,1-4H3,(H,17,18,19)/t12-,13-. The van der Waals surface area contributed by atoms with Gasteiger partial charge in [0.25, 0.3) is 0 Å². The molecule has 0 radical (unpaired) electrons. The third-order valence-electron chi connectivity index (χ3n) is 4.09. The van der Waals surface area contributed by atoms with Crippen LogP contribution < -0.4 is 5.32 Å². The maximum Gasteiger partial charge on any atom is 0.132 e. The molecule has 0 aliphatic heterocycles. The fourth-order valence-corrected chi connectivity index (χ4v) is 2.70. The summed E-state index contributed by atoms with van der Waals surface area (Å²) in [5, 5.41) is 3.49. The molecular weight excluding hydrogens is 250 g/mol. The molecule has 2 rings (SSSR count). The van der Waals surface area contributed by atoms with Gasteiger partial charge >= 0.3 is 0 Å². The smallest absolute Gasteiger partial charge is 0.132 e. The molecule has 1 N–H and O–H groups in total. The number of rotatable bonds is 3. The van der Waals surface area contributed by atoms with Gasteiger partial charge in [0.15, 0.2) is 0 Å². The van der Waals surface area contributed by atoms with Gasteiger partial charge in [-0.1, -0.05) is 20.8 Å². The Bertz CT molecular complexity index is 471. The number of anilines is 1. The van der Waals surface area contributed by atoms with E-state index in [1.165, 1.54) is 0 Å².